The van der Waals surface area contributed by atoms with E-state index in [0.29, 0.717) is 35.6 Å². The van der Waals surface area contributed by atoms with Crippen molar-refractivity contribution in [1.29, 1.82) is 0 Å². The van der Waals surface area contributed by atoms with E-state index < -0.39 is 47.5 Å². The molecule has 4 atom stereocenters. The Hall–Kier alpha value is -7.57. The summed E-state index contributed by atoms with van der Waals surface area (Å²) in [5.74, 6) is -2.70. The molecule has 390 valence electrons. The highest BCUT2D eigenvalue weighted by Gasteiger charge is 2.53. The highest BCUT2D eigenvalue weighted by Crippen LogP contribution is 2.56. The smallest absolute Gasteiger partial charge is 0.310 e. The maximum atomic E-state index is 13.9. The lowest BCUT2D eigenvalue weighted by Gasteiger charge is -2.39. The molecule has 0 saturated carbocycles. The van der Waals surface area contributed by atoms with Gasteiger partial charge in [-0.1, -0.05) is 0 Å². The topological polar surface area (TPSA) is 255 Å². The van der Waals surface area contributed by atoms with Crippen LogP contribution in [0.2, 0.25) is 0 Å². The number of aromatic hydroxyl groups is 1. The van der Waals surface area contributed by atoms with Crippen molar-refractivity contribution in [3.05, 3.63) is 94.8 Å². The molecular formula is C50H60N8O15. The Labute approximate surface area is 420 Å². The fourth-order valence-corrected chi connectivity index (χ4v) is 9.47. The molecule has 23 heteroatoms. The lowest BCUT2D eigenvalue weighted by atomic mass is 9.66. The Morgan fingerprint density at radius 2 is 1.22 bits per heavy atom. The highest BCUT2D eigenvalue weighted by molar-refractivity contribution is 6.08. The number of hydrogen-bond acceptors (Lipinski definition) is 16. The van der Waals surface area contributed by atoms with Crippen LogP contribution < -0.4 is 40.2 Å². The summed E-state index contributed by atoms with van der Waals surface area (Å²) in [6.45, 7) is 0.914. The molecule has 1 fully saturated rings. The predicted octanol–water partition coefficient (Wildman–Crippen LogP) is 4.56. The predicted molar refractivity (Wildman–Crippen MR) is 261 cm³/mol. The van der Waals surface area contributed by atoms with Gasteiger partial charge in [-0.3, -0.25) is 24.0 Å². The highest BCUT2D eigenvalue weighted by atomic mass is 16.7. The number of carbonyl (C=O) groups is 5. The van der Waals surface area contributed by atoms with Crippen LogP contribution in [-0.4, -0.2) is 136 Å². The van der Waals surface area contributed by atoms with E-state index in [1.54, 1.807) is 41.4 Å². The first-order valence-electron chi connectivity index (χ1n) is 23.3. The SMILES string of the molecule is COCn1cc(NC(=O)c2cc(NC(=O)c3cc(NC(=O)CCCN(C)C)cn3COC)cn2COC)cc1C(=O)NCCO[C@@H]1c2cc3c(cc2[C@@H](c2cc(OC)c(O)c(OC)c2)[C@H]2C(=O)OC[C@@H]21)OCO3. The zero-order valence-electron chi connectivity index (χ0n) is 41.6. The largest absolute Gasteiger partial charge is 0.502 e. The standard InChI is InChI=1S/C50H60N8O15/c1-55(2)11-8-9-42(59)52-29-15-36(57(20-29)25-66-4)48(62)54-31-17-37(58(22-31)26-67-5)49(63)53-30-16-35(56(21-30)24-65-3)47(61)51-10-12-70-46-33-19-39-38(72-27-73-39)18-32(33)43(44-34(46)23-71-50(44)64)28-13-40(68-6)45(60)41(14-28)69-7/h13-22,34,43-44,46,60H,8-12,23-27H2,1-7H3,(H,51,61)(H,52,59)(H,53,63)(H,54,62)/t34-,43+,44-,46+/m0/s1. The van der Waals surface area contributed by atoms with Crippen molar-refractivity contribution >= 4 is 46.7 Å². The Balaban J connectivity index is 0.940. The molecule has 5 aromatic rings. The van der Waals surface area contributed by atoms with Crippen molar-refractivity contribution in [1.82, 2.24) is 23.9 Å². The maximum absolute atomic E-state index is 13.9. The van der Waals surface area contributed by atoms with E-state index in [0.717, 1.165) is 17.7 Å². The molecule has 2 aromatic carbocycles. The summed E-state index contributed by atoms with van der Waals surface area (Å²) >= 11 is 0. The fourth-order valence-electron chi connectivity index (χ4n) is 9.47. The van der Waals surface area contributed by atoms with E-state index in [1.807, 2.05) is 31.1 Å². The normalized spacial score (nSPS) is 17.5. The Bertz CT molecular complexity index is 2830. The molecule has 1 saturated heterocycles. The number of esters is 1. The van der Waals surface area contributed by atoms with E-state index in [-0.39, 0.29) is 98.4 Å². The monoisotopic (exact) mass is 1010 g/mol. The number of nitrogens with zero attached hydrogens (tertiary/aromatic N) is 4. The molecule has 0 unspecified atom stereocenters. The van der Waals surface area contributed by atoms with Crippen LogP contribution in [0, 0.1) is 11.8 Å². The van der Waals surface area contributed by atoms with Gasteiger partial charge in [-0.15, -0.1) is 0 Å². The number of anilines is 3. The van der Waals surface area contributed by atoms with Crippen LogP contribution in [-0.2, 0) is 53.5 Å². The number of carbonyl (C=O) groups excluding carboxylic acids is 5. The number of phenolic OH excluding ortho intramolecular Hbond substituents is 1. The molecule has 1 aliphatic carbocycles. The lowest BCUT2D eigenvalue weighted by Crippen LogP contribution is -2.37. The number of phenols is 1. The minimum Gasteiger partial charge on any atom is -0.502 e. The van der Waals surface area contributed by atoms with Gasteiger partial charge < -0.3 is 87.6 Å². The fraction of sp³-hybridized carbons (Fsp3) is 0.420. The summed E-state index contributed by atoms with van der Waals surface area (Å²) in [5, 5.41) is 22.1. The van der Waals surface area contributed by atoms with Crippen molar-refractivity contribution in [3.8, 4) is 28.7 Å². The van der Waals surface area contributed by atoms with Gasteiger partial charge in [-0.2, -0.15) is 0 Å². The zero-order valence-corrected chi connectivity index (χ0v) is 41.6. The minimum atomic E-state index is -0.697. The van der Waals surface area contributed by atoms with Crippen molar-refractivity contribution in [2.75, 3.05) is 98.7 Å². The molecule has 8 rings (SSSR count). The lowest BCUT2D eigenvalue weighted by molar-refractivity contribution is -0.141. The molecule has 2 aliphatic heterocycles. The number of methoxy groups -OCH3 is 5. The minimum absolute atomic E-state index is 0.0177. The third-order valence-corrected chi connectivity index (χ3v) is 12.7. The number of nitrogens with one attached hydrogen (secondary N) is 4. The summed E-state index contributed by atoms with van der Waals surface area (Å²) < 4.78 is 55.3. The van der Waals surface area contributed by atoms with E-state index in [1.165, 1.54) is 56.8 Å². The average Bonchev–Trinajstić information content (AvgIpc) is 4.22. The van der Waals surface area contributed by atoms with Crippen LogP contribution in [0.4, 0.5) is 17.1 Å². The summed E-state index contributed by atoms with van der Waals surface area (Å²) in [7, 11) is 11.1. The number of amides is 4. The van der Waals surface area contributed by atoms with E-state index in [4.69, 9.17) is 42.6 Å². The number of ether oxygens (including phenoxy) is 9. The first kappa shape index (κ1) is 51.8. The van der Waals surface area contributed by atoms with Crippen molar-refractivity contribution in [2.45, 2.75) is 45.1 Å². The van der Waals surface area contributed by atoms with E-state index in [9.17, 15) is 29.1 Å². The summed E-state index contributed by atoms with van der Waals surface area (Å²) in [4.78, 5) is 69.5. The molecular weight excluding hydrogens is 953 g/mol. The molecule has 73 heavy (non-hydrogen) atoms. The molecule has 0 bridgehead atoms. The van der Waals surface area contributed by atoms with Crippen LogP contribution in [0.25, 0.3) is 0 Å². The second-order valence-corrected chi connectivity index (χ2v) is 17.8. The zero-order chi connectivity index (χ0) is 51.9. The Morgan fingerprint density at radius 1 is 0.699 bits per heavy atom. The quantitative estimate of drug-likeness (QED) is 0.0444. The molecule has 23 nitrogen and oxygen atoms in total. The van der Waals surface area contributed by atoms with Gasteiger partial charge in [0.2, 0.25) is 18.4 Å². The number of rotatable bonds is 23. The van der Waals surface area contributed by atoms with Crippen molar-refractivity contribution < 1.29 is 71.7 Å². The number of cyclic esters (lactones) is 1. The van der Waals surface area contributed by atoms with Crippen molar-refractivity contribution in [2.24, 2.45) is 11.8 Å². The van der Waals surface area contributed by atoms with Gasteiger partial charge in [-0.05, 0) is 86.2 Å². The number of hydrogen-bond donors (Lipinski definition) is 5. The molecule has 5 heterocycles. The average molecular weight is 1010 g/mol. The first-order chi connectivity index (χ1) is 35.2. The first-order valence-corrected chi connectivity index (χ1v) is 23.3. The third kappa shape index (κ3) is 11.2. The van der Waals surface area contributed by atoms with E-state index >= 15 is 0 Å². The van der Waals surface area contributed by atoms with Gasteiger partial charge in [0.25, 0.3) is 17.7 Å². The Kier molecular flexibility index (Phi) is 16.2. The van der Waals surface area contributed by atoms with Gasteiger partial charge in [0.05, 0.1) is 56.5 Å². The van der Waals surface area contributed by atoms with Crippen LogP contribution in [0.1, 0.15) is 73.0 Å². The summed E-state index contributed by atoms with van der Waals surface area (Å²) in [5.41, 5.74) is 3.63. The molecule has 5 N–H and O–H groups in total. The molecule has 0 radical (unpaired) electrons. The Morgan fingerprint density at radius 3 is 1.74 bits per heavy atom. The van der Waals surface area contributed by atoms with Crippen molar-refractivity contribution in [3.63, 3.8) is 0 Å². The number of fused-ring (bicyclic) bond motifs is 3. The van der Waals surface area contributed by atoms with Gasteiger partial charge in [0.1, 0.15) is 37.3 Å². The second kappa shape index (κ2) is 22.9. The molecule has 0 spiro atoms. The van der Waals surface area contributed by atoms with Crippen LogP contribution in [0.15, 0.2) is 61.1 Å². The summed E-state index contributed by atoms with van der Waals surface area (Å²) in [6, 6.07) is 11.5. The third-order valence-electron chi connectivity index (χ3n) is 12.7. The van der Waals surface area contributed by atoms with Crippen LogP contribution >= 0.6 is 0 Å². The van der Waals surface area contributed by atoms with Crippen LogP contribution in [0.3, 0.4) is 0 Å². The van der Waals surface area contributed by atoms with Gasteiger partial charge in [0.15, 0.2) is 23.0 Å². The number of aromatic nitrogens is 3. The number of benzene rings is 2. The van der Waals surface area contributed by atoms with Gasteiger partial charge in [0, 0.05) is 64.7 Å². The van der Waals surface area contributed by atoms with E-state index in [2.05, 4.69) is 21.3 Å². The molecule has 3 aromatic heterocycles. The van der Waals surface area contributed by atoms with Crippen LogP contribution in [0.5, 0.6) is 28.7 Å². The van der Waals surface area contributed by atoms with Gasteiger partial charge >= 0.3 is 5.97 Å². The second-order valence-electron chi connectivity index (χ2n) is 17.8. The summed E-state index contributed by atoms with van der Waals surface area (Å²) in [6.07, 6.45) is 5.03. The molecule has 4 amide bonds. The molecule has 3 aliphatic rings. The maximum Gasteiger partial charge on any atom is 0.310 e. The van der Waals surface area contributed by atoms with Gasteiger partial charge in [-0.25, -0.2) is 0 Å².